The monoisotopic (exact) mass is 127 g/mol. The molecule has 0 spiro atoms. The largest absolute Gasteiger partial charge is 0.391 e. The highest BCUT2D eigenvalue weighted by Crippen LogP contribution is 2.26. The van der Waals surface area contributed by atoms with Gasteiger partial charge in [-0.25, -0.2) is 0 Å². The van der Waals surface area contributed by atoms with Crippen molar-refractivity contribution in [3.05, 3.63) is 0 Å². The number of piperidine rings is 1. The lowest BCUT2D eigenvalue weighted by atomic mass is 10.1. The summed E-state index contributed by atoms with van der Waals surface area (Å²) in [7, 11) is 0. The van der Waals surface area contributed by atoms with Crippen LogP contribution >= 0.6 is 0 Å². The maximum Gasteiger partial charge on any atom is 0.0708 e. The lowest BCUT2D eigenvalue weighted by Crippen LogP contribution is -2.36. The number of fused-ring (bicyclic) bond motifs is 2. The SMILES string of the molecule is O[C@@H]1C[C@@H]2CCC[C@@H]1N2. The Morgan fingerprint density at radius 3 is 2.89 bits per heavy atom. The number of rotatable bonds is 0. The Kier molecular flexibility index (Phi) is 1.24. The molecule has 0 aromatic rings. The van der Waals surface area contributed by atoms with Gasteiger partial charge in [-0.3, -0.25) is 0 Å². The third kappa shape index (κ3) is 0.864. The molecule has 0 aromatic carbocycles. The van der Waals surface area contributed by atoms with Crippen LogP contribution in [0, 0.1) is 0 Å². The molecule has 2 N–H and O–H groups in total. The van der Waals surface area contributed by atoms with Crippen LogP contribution in [0.4, 0.5) is 0 Å². The van der Waals surface area contributed by atoms with Crippen LogP contribution in [-0.4, -0.2) is 23.3 Å². The van der Waals surface area contributed by atoms with Crippen molar-refractivity contribution >= 4 is 0 Å². The number of hydrogen-bond acceptors (Lipinski definition) is 2. The molecule has 2 rings (SSSR count). The second-order valence-corrected chi connectivity index (χ2v) is 3.20. The molecule has 0 unspecified atom stereocenters. The molecule has 0 saturated carbocycles. The van der Waals surface area contributed by atoms with Crippen LogP contribution in [0.1, 0.15) is 25.7 Å². The molecule has 2 saturated heterocycles. The molecular formula is C7H13NO. The van der Waals surface area contributed by atoms with Gasteiger partial charge in [0, 0.05) is 12.1 Å². The molecule has 2 aliphatic heterocycles. The van der Waals surface area contributed by atoms with Gasteiger partial charge in [0.25, 0.3) is 0 Å². The minimum Gasteiger partial charge on any atom is -0.391 e. The van der Waals surface area contributed by atoms with Crippen molar-refractivity contribution in [3.8, 4) is 0 Å². The summed E-state index contributed by atoms with van der Waals surface area (Å²) in [6.45, 7) is 0. The standard InChI is InChI=1S/C7H13NO/c9-7-4-5-2-1-3-6(7)8-5/h5-9H,1-4H2/t5-,6-,7+/m0/s1. The Morgan fingerprint density at radius 1 is 1.33 bits per heavy atom. The molecule has 2 nitrogen and oxygen atoms in total. The van der Waals surface area contributed by atoms with E-state index in [0.717, 1.165) is 6.42 Å². The maximum atomic E-state index is 9.34. The van der Waals surface area contributed by atoms with Gasteiger partial charge in [-0.15, -0.1) is 0 Å². The second kappa shape index (κ2) is 1.96. The van der Waals surface area contributed by atoms with Crippen molar-refractivity contribution in [3.63, 3.8) is 0 Å². The minimum atomic E-state index is -0.0440. The minimum absolute atomic E-state index is 0.0440. The van der Waals surface area contributed by atoms with E-state index in [1.807, 2.05) is 0 Å². The predicted molar refractivity (Wildman–Crippen MR) is 35.2 cm³/mol. The van der Waals surface area contributed by atoms with Gasteiger partial charge in [-0.2, -0.15) is 0 Å². The molecule has 2 aliphatic rings. The zero-order valence-corrected chi connectivity index (χ0v) is 5.51. The van der Waals surface area contributed by atoms with E-state index in [1.165, 1.54) is 19.3 Å². The quantitative estimate of drug-likeness (QED) is 0.489. The molecule has 0 radical (unpaired) electrons. The fourth-order valence-corrected chi connectivity index (χ4v) is 2.00. The third-order valence-corrected chi connectivity index (χ3v) is 2.51. The second-order valence-electron chi connectivity index (χ2n) is 3.20. The first-order chi connectivity index (χ1) is 4.36. The fraction of sp³-hybridized carbons (Fsp3) is 1.00. The summed E-state index contributed by atoms with van der Waals surface area (Å²) in [6, 6.07) is 1.07. The van der Waals surface area contributed by atoms with E-state index in [-0.39, 0.29) is 6.10 Å². The van der Waals surface area contributed by atoms with Crippen LogP contribution in [0.2, 0.25) is 0 Å². The lowest BCUT2D eigenvalue weighted by Gasteiger charge is -2.20. The van der Waals surface area contributed by atoms with Crippen molar-refractivity contribution in [2.24, 2.45) is 0 Å². The van der Waals surface area contributed by atoms with Crippen LogP contribution < -0.4 is 5.32 Å². The number of hydrogen-bond donors (Lipinski definition) is 2. The fourth-order valence-electron chi connectivity index (χ4n) is 2.00. The average molecular weight is 127 g/mol. The van der Waals surface area contributed by atoms with Crippen LogP contribution in [-0.2, 0) is 0 Å². The van der Waals surface area contributed by atoms with Crippen molar-refractivity contribution in [1.29, 1.82) is 0 Å². The average Bonchev–Trinajstić information content (AvgIpc) is 2.09. The Bertz CT molecular complexity index is 113. The van der Waals surface area contributed by atoms with E-state index < -0.39 is 0 Å². The first-order valence-electron chi connectivity index (χ1n) is 3.80. The van der Waals surface area contributed by atoms with Crippen LogP contribution in [0.15, 0.2) is 0 Å². The summed E-state index contributed by atoms with van der Waals surface area (Å²) in [4.78, 5) is 0. The van der Waals surface area contributed by atoms with Gasteiger partial charge in [-0.1, -0.05) is 6.42 Å². The summed E-state index contributed by atoms with van der Waals surface area (Å²) in [5.74, 6) is 0. The third-order valence-electron chi connectivity index (χ3n) is 2.51. The maximum absolute atomic E-state index is 9.34. The normalized spacial score (nSPS) is 49.7. The van der Waals surface area contributed by atoms with Gasteiger partial charge in [-0.05, 0) is 19.3 Å². The molecule has 9 heavy (non-hydrogen) atoms. The van der Waals surface area contributed by atoms with E-state index in [4.69, 9.17) is 0 Å². The molecule has 0 aromatic heterocycles. The van der Waals surface area contributed by atoms with Crippen molar-refractivity contribution < 1.29 is 5.11 Å². The molecule has 3 atom stereocenters. The smallest absolute Gasteiger partial charge is 0.0708 e. The topological polar surface area (TPSA) is 32.3 Å². The molecule has 2 fully saturated rings. The van der Waals surface area contributed by atoms with E-state index in [0.29, 0.717) is 12.1 Å². The summed E-state index contributed by atoms with van der Waals surface area (Å²) in [5.41, 5.74) is 0. The highest BCUT2D eigenvalue weighted by molar-refractivity contribution is 4.94. The Morgan fingerprint density at radius 2 is 2.22 bits per heavy atom. The zero-order chi connectivity index (χ0) is 6.27. The molecule has 52 valence electrons. The van der Waals surface area contributed by atoms with Crippen LogP contribution in [0.5, 0.6) is 0 Å². The molecule has 2 heteroatoms. The summed E-state index contributed by atoms with van der Waals surface area (Å²) < 4.78 is 0. The van der Waals surface area contributed by atoms with Gasteiger partial charge in [0.2, 0.25) is 0 Å². The molecule has 0 amide bonds. The van der Waals surface area contributed by atoms with E-state index >= 15 is 0 Å². The van der Waals surface area contributed by atoms with Gasteiger partial charge in [0.15, 0.2) is 0 Å². The van der Waals surface area contributed by atoms with Crippen LogP contribution in [0.25, 0.3) is 0 Å². The molecule has 2 heterocycles. The van der Waals surface area contributed by atoms with Crippen molar-refractivity contribution in [2.45, 2.75) is 43.9 Å². The first-order valence-corrected chi connectivity index (χ1v) is 3.80. The number of aliphatic hydroxyl groups is 1. The van der Waals surface area contributed by atoms with E-state index in [1.54, 1.807) is 0 Å². The predicted octanol–water partition coefficient (Wildman–Crippen LogP) is 0.262. The lowest BCUT2D eigenvalue weighted by molar-refractivity contribution is 0.156. The number of nitrogens with one attached hydrogen (secondary N) is 1. The van der Waals surface area contributed by atoms with E-state index in [9.17, 15) is 5.11 Å². The van der Waals surface area contributed by atoms with Crippen molar-refractivity contribution in [2.75, 3.05) is 0 Å². The van der Waals surface area contributed by atoms with Crippen molar-refractivity contribution in [1.82, 2.24) is 5.32 Å². The van der Waals surface area contributed by atoms with Gasteiger partial charge in [0.05, 0.1) is 6.10 Å². The van der Waals surface area contributed by atoms with Gasteiger partial charge < -0.3 is 10.4 Å². The Hall–Kier alpha value is -0.0800. The zero-order valence-electron chi connectivity index (χ0n) is 5.51. The van der Waals surface area contributed by atoms with E-state index in [2.05, 4.69) is 5.32 Å². The first kappa shape index (κ1) is 5.69. The van der Waals surface area contributed by atoms with Gasteiger partial charge in [0.1, 0.15) is 0 Å². The van der Waals surface area contributed by atoms with Gasteiger partial charge >= 0.3 is 0 Å². The summed E-state index contributed by atoms with van der Waals surface area (Å²) in [6.07, 6.45) is 4.70. The Balaban J connectivity index is 2.07. The Labute approximate surface area is 55.3 Å². The van der Waals surface area contributed by atoms with Crippen LogP contribution in [0.3, 0.4) is 0 Å². The summed E-state index contributed by atoms with van der Waals surface area (Å²) >= 11 is 0. The molecule has 0 aliphatic carbocycles. The molecular weight excluding hydrogens is 114 g/mol. The highest BCUT2D eigenvalue weighted by atomic mass is 16.3. The summed E-state index contributed by atoms with van der Waals surface area (Å²) in [5, 5.41) is 12.7. The highest BCUT2D eigenvalue weighted by Gasteiger charge is 2.34. The molecule has 2 bridgehead atoms. The number of aliphatic hydroxyl groups excluding tert-OH is 1.